The van der Waals surface area contributed by atoms with Crippen molar-refractivity contribution in [3.05, 3.63) is 71.8 Å². The fourth-order valence-electron chi connectivity index (χ4n) is 16.1. The number of hydrogen-bond acceptors (Lipinski definition) is 13. The number of carbonyl (C=O) groups is 7. The minimum atomic E-state index is -2.05. The fraction of sp³-hybridized carbons (Fsp3) is 0.655. The number of furan rings is 1. The second-order valence-electron chi connectivity index (χ2n) is 22.5. The van der Waals surface area contributed by atoms with Crippen LogP contribution in [0.5, 0.6) is 0 Å². The lowest BCUT2D eigenvalue weighted by molar-refractivity contribution is -0.228. The van der Waals surface area contributed by atoms with Crippen LogP contribution in [0.3, 0.4) is 0 Å². The third kappa shape index (κ3) is 7.27. The fourth-order valence-corrected chi connectivity index (χ4v) is 16.8. The molecule has 6 saturated carbocycles. The Bertz CT molecular complexity index is 2530. The molecule has 71 heavy (non-hydrogen) atoms. The van der Waals surface area contributed by atoms with Crippen LogP contribution in [0.1, 0.15) is 130 Å². The van der Waals surface area contributed by atoms with Crippen molar-refractivity contribution in [2.45, 2.75) is 154 Å². The number of Topliss-reactive ketones (excluding diaryl/α,β-unsaturated/α-hetero) is 2. The molecule has 8 aliphatic rings. The van der Waals surface area contributed by atoms with Gasteiger partial charge in [0.2, 0.25) is 11.5 Å². The van der Waals surface area contributed by atoms with Gasteiger partial charge in [-0.3, -0.25) is 28.8 Å². The van der Waals surface area contributed by atoms with E-state index in [0.29, 0.717) is 44.1 Å². The van der Waals surface area contributed by atoms with Crippen molar-refractivity contribution in [1.29, 1.82) is 0 Å². The third-order valence-corrected chi connectivity index (χ3v) is 20.7. The largest absolute Gasteiger partial charge is 0.457 e. The highest BCUT2D eigenvalue weighted by Gasteiger charge is 2.78. The molecule has 1 aromatic heterocycles. The molecule has 9 rings (SSSR count). The maximum Gasteiger partial charge on any atom is 0.375 e. The van der Waals surface area contributed by atoms with Crippen molar-refractivity contribution in [3.8, 4) is 0 Å². The molecule has 2 N–H and O–H groups in total. The summed E-state index contributed by atoms with van der Waals surface area (Å²) in [5.41, 5.74) is -7.46. The summed E-state index contributed by atoms with van der Waals surface area (Å²) < 4.78 is 39.8. The molecule has 6 fully saturated rings. The number of halogens is 3. The lowest BCUT2D eigenvalue weighted by Gasteiger charge is -2.64. The monoisotopic (exact) mass is 1020 g/mol. The maximum atomic E-state index is 17.4. The first-order valence-corrected chi connectivity index (χ1v) is 26.1. The highest BCUT2D eigenvalue weighted by atomic mass is 35.5. The van der Waals surface area contributed by atoms with Gasteiger partial charge in [0.25, 0.3) is 0 Å². The second-order valence-corrected chi connectivity index (χ2v) is 23.4. The van der Waals surface area contributed by atoms with Crippen molar-refractivity contribution >= 4 is 64.2 Å². The molecule has 0 saturated heterocycles. The second kappa shape index (κ2) is 18.3. The number of rotatable bonds is 10. The van der Waals surface area contributed by atoms with Crippen LogP contribution in [0.25, 0.3) is 0 Å². The van der Waals surface area contributed by atoms with Crippen molar-refractivity contribution in [2.24, 2.45) is 57.2 Å². The molecule has 0 radical (unpaired) electrons. The zero-order valence-electron chi connectivity index (χ0n) is 41.8. The predicted molar refractivity (Wildman–Crippen MR) is 259 cm³/mol. The van der Waals surface area contributed by atoms with Crippen molar-refractivity contribution in [3.63, 3.8) is 0 Å². The van der Waals surface area contributed by atoms with Gasteiger partial charge in [-0.1, -0.05) is 71.8 Å². The van der Waals surface area contributed by atoms with Gasteiger partial charge in [0.1, 0.15) is 0 Å². The Morgan fingerprint density at radius 3 is 1.82 bits per heavy atom. The Morgan fingerprint density at radius 1 is 0.746 bits per heavy atom. The molecule has 0 amide bonds. The minimum Gasteiger partial charge on any atom is -0.457 e. The Morgan fingerprint density at radius 2 is 1.27 bits per heavy atom. The molecule has 0 aliphatic heterocycles. The van der Waals surface area contributed by atoms with Crippen LogP contribution >= 0.6 is 23.2 Å². The molecular weight excluding hydrogens is 958 g/mol. The summed E-state index contributed by atoms with van der Waals surface area (Å²) in [6.07, 6.45) is 11.8. The first-order chi connectivity index (χ1) is 33.3. The van der Waals surface area contributed by atoms with E-state index in [0.717, 1.165) is 5.57 Å². The average molecular weight is 1030 g/mol. The quantitative estimate of drug-likeness (QED) is 0.128. The van der Waals surface area contributed by atoms with Gasteiger partial charge in [0.05, 0.1) is 29.2 Å². The molecule has 1 aromatic rings. The van der Waals surface area contributed by atoms with E-state index in [9.17, 15) is 43.8 Å². The normalized spacial score (nSPS) is 43.6. The number of aliphatic hydroxyl groups excluding tert-OH is 2. The molecular formula is C55H67Cl2FO13. The number of hydrogen-bond donors (Lipinski definition) is 2. The summed E-state index contributed by atoms with van der Waals surface area (Å²) >= 11 is 13.6. The first-order valence-electron chi connectivity index (χ1n) is 25.2. The first kappa shape index (κ1) is 53.1. The lowest BCUT2D eigenvalue weighted by atomic mass is 9.44. The zero-order valence-corrected chi connectivity index (χ0v) is 43.3. The van der Waals surface area contributed by atoms with E-state index in [1.807, 2.05) is 33.8 Å². The van der Waals surface area contributed by atoms with Crippen LogP contribution in [0.2, 0.25) is 0 Å². The average Bonchev–Trinajstić information content (AvgIpc) is 4.01. The van der Waals surface area contributed by atoms with Crippen molar-refractivity contribution in [1.82, 2.24) is 0 Å². The Kier molecular flexibility index (Phi) is 13.7. The maximum absolute atomic E-state index is 17.4. The van der Waals surface area contributed by atoms with Gasteiger partial charge < -0.3 is 28.8 Å². The molecule has 0 spiro atoms. The van der Waals surface area contributed by atoms with Gasteiger partial charge in [-0.05, 0) is 112 Å². The zero-order chi connectivity index (χ0) is 52.1. The van der Waals surface area contributed by atoms with Crippen molar-refractivity contribution in [2.75, 3.05) is 12.5 Å². The van der Waals surface area contributed by atoms with Gasteiger partial charge in [0, 0.05) is 52.3 Å². The van der Waals surface area contributed by atoms with E-state index < -0.39 is 97.7 Å². The summed E-state index contributed by atoms with van der Waals surface area (Å²) in [6, 6.07) is 3.07. The topological polar surface area (TPSA) is 201 Å². The van der Waals surface area contributed by atoms with Gasteiger partial charge in [-0.15, -0.1) is 23.2 Å². The number of ether oxygens (including phenoxy) is 3. The molecule has 1 heterocycles. The van der Waals surface area contributed by atoms with E-state index in [-0.39, 0.29) is 78.3 Å². The molecule has 16 heteroatoms. The summed E-state index contributed by atoms with van der Waals surface area (Å²) in [4.78, 5) is 88.0. The minimum absolute atomic E-state index is 0.00557. The van der Waals surface area contributed by atoms with Crippen LogP contribution in [-0.2, 0) is 43.0 Å². The lowest BCUT2D eigenvalue weighted by Crippen LogP contribution is -2.70. The van der Waals surface area contributed by atoms with Crippen LogP contribution < -0.4 is 0 Å². The molecule has 0 aromatic carbocycles. The SMILES string of the molecule is CCC(=O)OCC(=O)[C@@]1(OC(=O)CC)[C@@H](C)C[C@H]2[C@@H]3CCC4=CC(=O)C=C[C@]4(C)[C@@]3(F)[C@@H](O)C[C@@]21C.C[C@@H]1C[C@H]2[C@@H]3CCC4=CC(=O)C=C[C@]4(C)[C@@]3(Cl)[C@@H](O)C[C@]2(C)[C@@]1(OC(=O)c1ccco1)C(=O)CCl. The predicted octanol–water partition coefficient (Wildman–Crippen LogP) is 8.69. The van der Waals surface area contributed by atoms with E-state index in [1.165, 1.54) is 30.6 Å². The molecule has 386 valence electrons. The number of allylic oxidation sites excluding steroid dienone is 8. The van der Waals surface area contributed by atoms with Crippen LogP contribution in [-0.4, -0.2) is 97.7 Å². The van der Waals surface area contributed by atoms with Crippen LogP contribution in [0, 0.1) is 57.2 Å². The summed E-state index contributed by atoms with van der Waals surface area (Å²) in [6.45, 7) is 13.9. The van der Waals surface area contributed by atoms with Crippen LogP contribution in [0.15, 0.2) is 70.4 Å². The highest BCUT2D eigenvalue weighted by Crippen LogP contribution is 2.74. The molecule has 16 atom stereocenters. The summed E-state index contributed by atoms with van der Waals surface area (Å²) in [5.74, 6) is -5.43. The Labute approximate surface area is 424 Å². The number of fused-ring (bicyclic) bond motifs is 10. The summed E-state index contributed by atoms with van der Waals surface area (Å²) in [5, 5.41) is 23.3. The smallest absolute Gasteiger partial charge is 0.375 e. The molecule has 8 aliphatic carbocycles. The van der Waals surface area contributed by atoms with E-state index >= 15 is 4.39 Å². The number of carbonyl (C=O) groups excluding carboxylic acids is 7. The molecule has 0 bridgehead atoms. The van der Waals surface area contributed by atoms with Gasteiger partial charge >= 0.3 is 17.9 Å². The van der Waals surface area contributed by atoms with E-state index in [1.54, 1.807) is 45.9 Å². The standard InChI is InChI=1S/C28H37FO7.C27H30Cl2O6/c1-6-23(33)35-15-22(32)28(36-24(34)7-2)16(3)12-20-19-9-8-17-13-18(30)10-11-25(17,4)27(19,29)21(31)14-26(20,28)5;1-15-11-19-18-7-6-16-12-17(30)8-9-24(16,2)26(18,29)21(31)13-25(19,3)27(15,22(32)14-28)35-23(33)20-5-4-10-34-20/h10-11,13,16,19-21,31H,6-9,12,14-15H2,1-5H3;4-5,8-10,12,15,18-19,21,31H,6-7,11,13-14H2,1-3H3/t16-,19-,20-,21-,25-,26-,27-,28-;15-,18+,19+,21+,24+,25+,26+,27+/m01/s1. The van der Waals surface area contributed by atoms with Crippen LogP contribution in [0.4, 0.5) is 4.39 Å². The highest BCUT2D eigenvalue weighted by molar-refractivity contribution is 6.29. The van der Waals surface area contributed by atoms with E-state index in [2.05, 4.69) is 0 Å². The molecule has 13 nitrogen and oxygen atoms in total. The number of ketones is 4. The Hall–Kier alpha value is -4.24. The number of esters is 3. The third-order valence-electron chi connectivity index (χ3n) is 19.5. The molecule has 0 unspecified atom stereocenters. The Balaban J connectivity index is 0.000000190. The van der Waals surface area contributed by atoms with Crippen molar-refractivity contribution < 1.29 is 66.8 Å². The summed E-state index contributed by atoms with van der Waals surface area (Å²) in [7, 11) is 0. The number of alkyl halides is 3. The van der Waals surface area contributed by atoms with Gasteiger partial charge in [-0.2, -0.15) is 0 Å². The van der Waals surface area contributed by atoms with Gasteiger partial charge in [-0.25, -0.2) is 9.18 Å². The van der Waals surface area contributed by atoms with Gasteiger partial charge in [0.15, 0.2) is 40.8 Å². The van der Waals surface area contributed by atoms with E-state index in [4.69, 9.17) is 41.8 Å². The number of aliphatic hydroxyl groups is 2.